The van der Waals surface area contributed by atoms with Crippen molar-refractivity contribution in [3.8, 4) is 0 Å². The van der Waals surface area contributed by atoms with E-state index < -0.39 is 14.6 Å². The maximum Gasteiger partial charge on any atom is 0.156 e. The highest BCUT2D eigenvalue weighted by Gasteiger charge is 2.27. The number of ether oxygens (including phenoxy) is 1. The number of nitrogens with one attached hydrogen (secondary N) is 1. The van der Waals surface area contributed by atoms with Crippen molar-refractivity contribution in [3.05, 3.63) is 0 Å². The molecule has 18 heavy (non-hydrogen) atoms. The van der Waals surface area contributed by atoms with Crippen molar-refractivity contribution in [2.75, 3.05) is 32.1 Å². The largest absolute Gasteiger partial charge is 0.380 e. The van der Waals surface area contributed by atoms with Crippen LogP contribution in [0.3, 0.4) is 0 Å². The smallest absolute Gasteiger partial charge is 0.156 e. The molecule has 0 unspecified atom stereocenters. The van der Waals surface area contributed by atoms with E-state index in [2.05, 4.69) is 19.2 Å². The highest BCUT2D eigenvalue weighted by atomic mass is 32.2. The summed E-state index contributed by atoms with van der Waals surface area (Å²) in [5.41, 5.74) is 0. The Morgan fingerprint density at radius 3 is 2.22 bits per heavy atom. The van der Waals surface area contributed by atoms with Crippen molar-refractivity contribution in [3.63, 3.8) is 0 Å². The van der Waals surface area contributed by atoms with Crippen molar-refractivity contribution in [2.45, 2.75) is 45.8 Å². The van der Waals surface area contributed by atoms with E-state index in [0.717, 1.165) is 13.0 Å². The van der Waals surface area contributed by atoms with E-state index in [0.29, 0.717) is 25.6 Å². The second-order valence-corrected chi connectivity index (χ2v) is 8.84. The SMILES string of the molecule is CC(C)CCOCCNCCS(=O)(=O)C(C)(C)C. The quantitative estimate of drug-likeness (QED) is 0.655. The Hall–Kier alpha value is -0.130. The van der Waals surface area contributed by atoms with Gasteiger partial charge in [0, 0.05) is 19.7 Å². The van der Waals surface area contributed by atoms with Crippen LogP contribution in [0.1, 0.15) is 41.0 Å². The van der Waals surface area contributed by atoms with Crippen LogP contribution in [-0.2, 0) is 14.6 Å². The van der Waals surface area contributed by atoms with E-state index in [1.165, 1.54) is 0 Å². The van der Waals surface area contributed by atoms with Gasteiger partial charge in [0.2, 0.25) is 0 Å². The third-order valence-electron chi connectivity index (χ3n) is 2.74. The van der Waals surface area contributed by atoms with Crippen molar-refractivity contribution >= 4 is 9.84 Å². The summed E-state index contributed by atoms with van der Waals surface area (Å²) in [5, 5.41) is 3.10. The number of hydrogen-bond acceptors (Lipinski definition) is 4. The van der Waals surface area contributed by atoms with Gasteiger partial charge in [0.15, 0.2) is 9.84 Å². The lowest BCUT2D eigenvalue weighted by atomic mass is 10.1. The Labute approximate surface area is 112 Å². The Kier molecular flexibility index (Phi) is 8.06. The third-order valence-corrected chi connectivity index (χ3v) is 5.35. The van der Waals surface area contributed by atoms with E-state index >= 15 is 0 Å². The molecule has 0 saturated carbocycles. The first-order chi connectivity index (χ1) is 8.17. The second kappa shape index (κ2) is 8.12. The maximum atomic E-state index is 11.8. The molecular formula is C13H29NO3S. The van der Waals surface area contributed by atoms with Gasteiger partial charge in [-0.15, -0.1) is 0 Å². The van der Waals surface area contributed by atoms with Gasteiger partial charge in [-0.1, -0.05) is 13.8 Å². The lowest BCUT2D eigenvalue weighted by molar-refractivity contribution is 0.125. The summed E-state index contributed by atoms with van der Waals surface area (Å²) < 4.78 is 28.3. The van der Waals surface area contributed by atoms with Crippen LogP contribution < -0.4 is 5.32 Å². The Bertz CT molecular complexity index is 305. The van der Waals surface area contributed by atoms with Gasteiger partial charge in [-0.2, -0.15) is 0 Å². The highest BCUT2D eigenvalue weighted by molar-refractivity contribution is 7.92. The minimum atomic E-state index is -3.01. The van der Waals surface area contributed by atoms with Crippen LogP contribution in [0, 0.1) is 5.92 Å². The van der Waals surface area contributed by atoms with Gasteiger partial charge in [0.05, 0.1) is 17.1 Å². The average molecular weight is 279 g/mol. The Balaban J connectivity index is 3.53. The lowest BCUT2D eigenvalue weighted by Crippen LogP contribution is -2.35. The molecule has 0 aliphatic carbocycles. The molecule has 0 aromatic rings. The van der Waals surface area contributed by atoms with Gasteiger partial charge < -0.3 is 10.1 Å². The van der Waals surface area contributed by atoms with Crippen LogP contribution in [0.4, 0.5) is 0 Å². The zero-order chi connectivity index (χ0) is 14.2. The normalized spacial score (nSPS) is 13.2. The fourth-order valence-electron chi connectivity index (χ4n) is 1.20. The first kappa shape index (κ1) is 17.9. The molecule has 0 rings (SSSR count). The Morgan fingerprint density at radius 1 is 1.11 bits per heavy atom. The molecule has 0 amide bonds. The lowest BCUT2D eigenvalue weighted by Gasteiger charge is -2.19. The molecular weight excluding hydrogens is 250 g/mol. The molecule has 0 saturated heterocycles. The minimum absolute atomic E-state index is 0.183. The highest BCUT2D eigenvalue weighted by Crippen LogP contribution is 2.14. The molecule has 1 N–H and O–H groups in total. The summed E-state index contributed by atoms with van der Waals surface area (Å²) in [4.78, 5) is 0. The summed E-state index contributed by atoms with van der Waals surface area (Å²) in [5.74, 6) is 0.845. The standard InChI is InChI=1S/C13H29NO3S/c1-12(2)6-9-17-10-7-14-8-11-18(15,16)13(3,4)5/h12,14H,6-11H2,1-5H3. The predicted molar refractivity (Wildman–Crippen MR) is 76.7 cm³/mol. The number of sulfone groups is 1. The maximum absolute atomic E-state index is 11.8. The summed E-state index contributed by atoms with van der Waals surface area (Å²) in [7, 11) is -3.01. The predicted octanol–water partition coefficient (Wildman–Crippen LogP) is 1.85. The van der Waals surface area contributed by atoms with Gasteiger partial charge in [0.1, 0.15) is 0 Å². The molecule has 0 aliphatic rings. The number of hydrogen-bond donors (Lipinski definition) is 1. The van der Waals surface area contributed by atoms with Crippen LogP contribution in [-0.4, -0.2) is 45.2 Å². The van der Waals surface area contributed by atoms with E-state index in [-0.39, 0.29) is 5.75 Å². The zero-order valence-electron chi connectivity index (χ0n) is 12.5. The van der Waals surface area contributed by atoms with Gasteiger partial charge in [-0.05, 0) is 33.1 Å². The minimum Gasteiger partial charge on any atom is -0.380 e. The molecule has 5 heteroatoms. The fraction of sp³-hybridized carbons (Fsp3) is 1.00. The molecule has 0 aromatic heterocycles. The van der Waals surface area contributed by atoms with Gasteiger partial charge in [-0.25, -0.2) is 8.42 Å². The summed E-state index contributed by atoms with van der Waals surface area (Å²) in [6.45, 7) is 12.1. The molecule has 0 fully saturated rings. The van der Waals surface area contributed by atoms with Crippen molar-refractivity contribution in [1.29, 1.82) is 0 Å². The number of rotatable bonds is 9. The first-order valence-electron chi connectivity index (χ1n) is 6.67. The van der Waals surface area contributed by atoms with E-state index in [4.69, 9.17) is 4.74 Å². The van der Waals surface area contributed by atoms with Crippen molar-refractivity contribution in [1.82, 2.24) is 5.32 Å². The van der Waals surface area contributed by atoms with Crippen LogP contribution in [0.5, 0.6) is 0 Å². The average Bonchev–Trinajstić information content (AvgIpc) is 2.19. The first-order valence-corrected chi connectivity index (χ1v) is 8.33. The molecule has 110 valence electrons. The van der Waals surface area contributed by atoms with Crippen LogP contribution in [0.15, 0.2) is 0 Å². The van der Waals surface area contributed by atoms with E-state index in [1.54, 1.807) is 20.8 Å². The van der Waals surface area contributed by atoms with Crippen LogP contribution in [0.25, 0.3) is 0 Å². The Morgan fingerprint density at radius 2 is 1.72 bits per heavy atom. The van der Waals surface area contributed by atoms with Crippen molar-refractivity contribution in [2.24, 2.45) is 5.92 Å². The van der Waals surface area contributed by atoms with Crippen molar-refractivity contribution < 1.29 is 13.2 Å². The van der Waals surface area contributed by atoms with Gasteiger partial charge in [-0.3, -0.25) is 0 Å². The molecule has 0 bridgehead atoms. The van der Waals surface area contributed by atoms with E-state index in [1.807, 2.05) is 0 Å². The monoisotopic (exact) mass is 279 g/mol. The second-order valence-electron chi connectivity index (χ2n) is 5.98. The molecule has 0 atom stereocenters. The topological polar surface area (TPSA) is 55.4 Å². The van der Waals surface area contributed by atoms with Crippen LogP contribution in [0.2, 0.25) is 0 Å². The molecule has 0 aromatic carbocycles. The molecule has 0 spiro atoms. The van der Waals surface area contributed by atoms with E-state index in [9.17, 15) is 8.42 Å². The van der Waals surface area contributed by atoms with Gasteiger partial charge in [0.25, 0.3) is 0 Å². The molecule has 4 nitrogen and oxygen atoms in total. The summed E-state index contributed by atoms with van der Waals surface area (Å²) in [6.07, 6.45) is 1.07. The van der Waals surface area contributed by atoms with Gasteiger partial charge >= 0.3 is 0 Å². The fourth-order valence-corrected chi connectivity index (χ4v) is 2.23. The summed E-state index contributed by atoms with van der Waals surface area (Å²) in [6, 6.07) is 0. The zero-order valence-corrected chi connectivity index (χ0v) is 13.3. The van der Waals surface area contributed by atoms with Crippen LogP contribution >= 0.6 is 0 Å². The molecule has 0 heterocycles. The molecule has 0 radical (unpaired) electrons. The summed E-state index contributed by atoms with van der Waals surface area (Å²) >= 11 is 0. The third kappa shape index (κ3) is 8.06. The molecule has 0 aliphatic heterocycles.